The van der Waals surface area contributed by atoms with Gasteiger partial charge < -0.3 is 15.4 Å². The number of hydrogen-bond donors (Lipinski definition) is 3. The molecule has 3 rings (SSSR count). The summed E-state index contributed by atoms with van der Waals surface area (Å²) in [7, 11) is -1.56. The van der Waals surface area contributed by atoms with Gasteiger partial charge in [0.15, 0.2) is 0 Å². The number of benzene rings is 3. The van der Waals surface area contributed by atoms with Gasteiger partial charge in [0.05, 0.1) is 0 Å². The molecule has 0 saturated carbocycles. The smallest absolute Gasteiger partial charge is 0.423 e. The number of nitrogens with one attached hydrogen (secondary N) is 1. The van der Waals surface area contributed by atoms with Gasteiger partial charge in [-0.2, -0.15) is 0 Å². The van der Waals surface area contributed by atoms with Crippen LogP contribution in [0.4, 0.5) is 5.69 Å². The van der Waals surface area contributed by atoms with Crippen molar-refractivity contribution in [3.63, 3.8) is 0 Å². The second-order valence-electron chi connectivity index (χ2n) is 5.02. The van der Waals surface area contributed by atoms with Crippen LogP contribution in [0.1, 0.15) is 10.4 Å². The maximum Gasteiger partial charge on any atom is 0.488 e. The number of fused-ring (bicyclic) bond motifs is 1. The van der Waals surface area contributed by atoms with E-state index in [1.54, 1.807) is 24.3 Å². The highest BCUT2D eigenvalue weighted by Gasteiger charge is 2.12. The van der Waals surface area contributed by atoms with Crippen molar-refractivity contribution in [3.8, 4) is 0 Å². The number of hydrogen-bond acceptors (Lipinski definition) is 3. The highest BCUT2D eigenvalue weighted by atomic mass is 16.4. The van der Waals surface area contributed by atoms with Gasteiger partial charge in [-0.3, -0.25) is 4.79 Å². The molecule has 0 radical (unpaired) electrons. The van der Waals surface area contributed by atoms with E-state index in [9.17, 15) is 4.79 Å². The molecule has 1 amide bonds. The Hall–Kier alpha value is -2.63. The molecule has 0 unspecified atom stereocenters. The average molecular weight is 291 g/mol. The van der Waals surface area contributed by atoms with Crippen LogP contribution >= 0.6 is 0 Å². The van der Waals surface area contributed by atoms with Crippen molar-refractivity contribution in [2.45, 2.75) is 0 Å². The van der Waals surface area contributed by atoms with E-state index < -0.39 is 7.12 Å². The maximum atomic E-state index is 12.3. The normalized spacial score (nSPS) is 10.5. The zero-order valence-corrected chi connectivity index (χ0v) is 11.7. The van der Waals surface area contributed by atoms with E-state index in [0.717, 1.165) is 10.8 Å². The molecule has 3 aromatic carbocycles. The lowest BCUT2D eigenvalue weighted by Gasteiger charge is -2.08. The van der Waals surface area contributed by atoms with E-state index in [1.165, 1.54) is 6.07 Å². The van der Waals surface area contributed by atoms with E-state index in [1.807, 2.05) is 36.4 Å². The average Bonchev–Trinajstić information content (AvgIpc) is 2.54. The molecule has 0 saturated heterocycles. The molecule has 4 nitrogen and oxygen atoms in total. The molecule has 3 N–H and O–H groups in total. The van der Waals surface area contributed by atoms with Crippen LogP contribution in [-0.2, 0) is 0 Å². The van der Waals surface area contributed by atoms with Crippen molar-refractivity contribution < 1.29 is 14.8 Å². The molecule has 0 aliphatic rings. The first-order valence-corrected chi connectivity index (χ1v) is 6.90. The Morgan fingerprint density at radius 1 is 0.864 bits per heavy atom. The van der Waals surface area contributed by atoms with Gasteiger partial charge in [0.25, 0.3) is 5.91 Å². The molecular weight excluding hydrogens is 277 g/mol. The first-order chi connectivity index (χ1) is 10.6. The Kier molecular flexibility index (Phi) is 3.91. The number of rotatable bonds is 3. The molecule has 0 atom stereocenters. The van der Waals surface area contributed by atoms with Gasteiger partial charge in [0, 0.05) is 11.3 Å². The maximum absolute atomic E-state index is 12.3. The van der Waals surface area contributed by atoms with Gasteiger partial charge in [-0.05, 0) is 40.5 Å². The van der Waals surface area contributed by atoms with Crippen LogP contribution in [0, 0.1) is 0 Å². The highest BCUT2D eigenvalue weighted by molar-refractivity contribution is 6.58. The van der Waals surface area contributed by atoms with Gasteiger partial charge in [-0.25, -0.2) is 0 Å². The van der Waals surface area contributed by atoms with E-state index in [-0.39, 0.29) is 5.91 Å². The lowest BCUT2D eigenvalue weighted by atomic mass is 9.80. The van der Waals surface area contributed by atoms with Crippen molar-refractivity contribution in [1.29, 1.82) is 0 Å². The molecule has 0 aliphatic heterocycles. The summed E-state index contributed by atoms with van der Waals surface area (Å²) >= 11 is 0. The summed E-state index contributed by atoms with van der Waals surface area (Å²) in [4.78, 5) is 12.3. The van der Waals surface area contributed by atoms with Crippen molar-refractivity contribution in [2.75, 3.05) is 5.32 Å². The van der Waals surface area contributed by atoms with Gasteiger partial charge >= 0.3 is 7.12 Å². The molecule has 0 aromatic heterocycles. The molecule has 0 bridgehead atoms. The minimum atomic E-state index is -1.56. The van der Waals surface area contributed by atoms with Crippen molar-refractivity contribution in [1.82, 2.24) is 0 Å². The van der Waals surface area contributed by atoms with Crippen LogP contribution in [-0.4, -0.2) is 23.1 Å². The third kappa shape index (κ3) is 3.00. The summed E-state index contributed by atoms with van der Waals surface area (Å²) in [6, 6.07) is 19.8. The summed E-state index contributed by atoms with van der Waals surface area (Å²) in [5.74, 6) is -0.240. The summed E-state index contributed by atoms with van der Waals surface area (Å²) < 4.78 is 0. The number of anilines is 1. The van der Waals surface area contributed by atoms with Crippen LogP contribution < -0.4 is 10.8 Å². The second-order valence-corrected chi connectivity index (χ2v) is 5.02. The van der Waals surface area contributed by atoms with Gasteiger partial charge in [-0.1, -0.05) is 42.5 Å². The van der Waals surface area contributed by atoms with Crippen LogP contribution in [0.2, 0.25) is 0 Å². The molecule has 0 spiro atoms. The SMILES string of the molecule is O=C(Nc1cccc(B(O)O)c1)c1ccc2ccccc2c1. The Morgan fingerprint density at radius 3 is 2.41 bits per heavy atom. The first kappa shape index (κ1) is 14.3. The Balaban J connectivity index is 1.85. The number of carbonyl (C=O) groups is 1. The van der Waals surface area contributed by atoms with Crippen molar-refractivity contribution >= 4 is 34.9 Å². The van der Waals surface area contributed by atoms with Crippen LogP contribution in [0.5, 0.6) is 0 Å². The quantitative estimate of drug-likeness (QED) is 0.644. The summed E-state index contributed by atoms with van der Waals surface area (Å²) in [6.45, 7) is 0. The monoisotopic (exact) mass is 291 g/mol. The van der Waals surface area contributed by atoms with Crippen LogP contribution in [0.3, 0.4) is 0 Å². The fourth-order valence-corrected chi connectivity index (χ4v) is 2.31. The Bertz CT molecular complexity index is 833. The lowest BCUT2D eigenvalue weighted by Crippen LogP contribution is -2.30. The highest BCUT2D eigenvalue weighted by Crippen LogP contribution is 2.16. The third-order valence-electron chi connectivity index (χ3n) is 3.45. The minimum absolute atomic E-state index is 0.240. The van der Waals surface area contributed by atoms with E-state index in [4.69, 9.17) is 10.0 Å². The Labute approximate surface area is 128 Å². The zero-order chi connectivity index (χ0) is 15.5. The van der Waals surface area contributed by atoms with Gasteiger partial charge in [-0.15, -0.1) is 0 Å². The van der Waals surface area contributed by atoms with E-state index in [2.05, 4.69) is 5.32 Å². The fraction of sp³-hybridized carbons (Fsp3) is 0. The molecule has 22 heavy (non-hydrogen) atoms. The molecule has 108 valence electrons. The molecule has 0 heterocycles. The zero-order valence-electron chi connectivity index (χ0n) is 11.7. The third-order valence-corrected chi connectivity index (χ3v) is 3.45. The number of amides is 1. The van der Waals surface area contributed by atoms with Crippen molar-refractivity contribution in [2.24, 2.45) is 0 Å². The Morgan fingerprint density at radius 2 is 1.64 bits per heavy atom. The summed E-state index contributed by atoms with van der Waals surface area (Å²) in [5.41, 5.74) is 1.40. The molecular formula is C17H14BNO3. The first-order valence-electron chi connectivity index (χ1n) is 6.90. The fourth-order valence-electron chi connectivity index (χ4n) is 2.31. The van der Waals surface area contributed by atoms with Crippen molar-refractivity contribution in [3.05, 3.63) is 72.3 Å². The molecule has 5 heteroatoms. The molecule has 3 aromatic rings. The largest absolute Gasteiger partial charge is 0.488 e. The molecule has 0 fully saturated rings. The molecule has 0 aliphatic carbocycles. The van der Waals surface area contributed by atoms with E-state index >= 15 is 0 Å². The lowest BCUT2D eigenvalue weighted by molar-refractivity contribution is 0.102. The predicted octanol–water partition coefficient (Wildman–Crippen LogP) is 1.77. The minimum Gasteiger partial charge on any atom is -0.423 e. The second kappa shape index (κ2) is 6.01. The topological polar surface area (TPSA) is 69.6 Å². The predicted molar refractivity (Wildman–Crippen MR) is 88.2 cm³/mol. The van der Waals surface area contributed by atoms with Crippen LogP contribution in [0.25, 0.3) is 10.8 Å². The van der Waals surface area contributed by atoms with Gasteiger partial charge in [0.1, 0.15) is 0 Å². The van der Waals surface area contributed by atoms with Crippen LogP contribution in [0.15, 0.2) is 66.7 Å². The van der Waals surface area contributed by atoms with E-state index in [0.29, 0.717) is 16.7 Å². The number of carbonyl (C=O) groups excluding carboxylic acids is 1. The van der Waals surface area contributed by atoms with Gasteiger partial charge in [0.2, 0.25) is 0 Å². The summed E-state index contributed by atoms with van der Waals surface area (Å²) in [5, 5.41) is 23.1. The summed E-state index contributed by atoms with van der Waals surface area (Å²) in [6.07, 6.45) is 0. The standard InChI is InChI=1S/C17H14BNO3/c20-17(19-16-7-3-6-15(11-16)18(21)22)14-9-8-12-4-1-2-5-13(12)10-14/h1-11,21-22H,(H,19,20).